The van der Waals surface area contributed by atoms with Gasteiger partial charge in [0.2, 0.25) is 5.95 Å². The molecule has 2 aliphatic heterocycles. The summed E-state index contributed by atoms with van der Waals surface area (Å²) in [6.45, 7) is 4.69. The minimum Gasteiger partial charge on any atom is -0.357 e. The summed E-state index contributed by atoms with van der Waals surface area (Å²) in [4.78, 5) is 25.0. The van der Waals surface area contributed by atoms with Gasteiger partial charge in [0.15, 0.2) is 0 Å². The van der Waals surface area contributed by atoms with Crippen LogP contribution in [-0.2, 0) is 6.54 Å². The molecule has 0 saturated carbocycles. The quantitative estimate of drug-likeness (QED) is 0.858. The lowest BCUT2D eigenvalue weighted by molar-refractivity contribution is 0.0763. The standard InChI is InChI=1S/C13H19N5O/c1-14-13-15-8-10-11(16-13)9-18(12(10)19)7-6-17-4-2-3-5-17/h8H,2-7,9H2,1H3,(H,14,15,16). The molecule has 0 unspecified atom stereocenters. The number of nitrogens with zero attached hydrogens (tertiary/aromatic N) is 4. The van der Waals surface area contributed by atoms with E-state index in [2.05, 4.69) is 20.2 Å². The molecule has 1 fully saturated rings. The van der Waals surface area contributed by atoms with Crippen molar-refractivity contribution >= 4 is 11.9 Å². The van der Waals surface area contributed by atoms with Crippen LogP contribution in [0.4, 0.5) is 5.95 Å². The number of anilines is 1. The fraction of sp³-hybridized carbons (Fsp3) is 0.615. The minimum atomic E-state index is 0.0665. The van der Waals surface area contributed by atoms with Crippen LogP contribution in [0.15, 0.2) is 6.20 Å². The van der Waals surface area contributed by atoms with Crippen LogP contribution in [0.5, 0.6) is 0 Å². The highest BCUT2D eigenvalue weighted by molar-refractivity contribution is 5.97. The van der Waals surface area contributed by atoms with E-state index in [-0.39, 0.29) is 5.91 Å². The maximum atomic E-state index is 12.2. The number of hydrogen-bond donors (Lipinski definition) is 1. The average Bonchev–Trinajstić information content (AvgIpc) is 3.04. The first-order valence-electron chi connectivity index (χ1n) is 6.83. The molecule has 1 N–H and O–H groups in total. The Kier molecular flexibility index (Phi) is 3.33. The molecule has 1 saturated heterocycles. The smallest absolute Gasteiger partial charge is 0.257 e. The molecular weight excluding hydrogens is 242 g/mol. The third-order valence-electron chi connectivity index (χ3n) is 3.83. The van der Waals surface area contributed by atoms with Crippen LogP contribution in [0.2, 0.25) is 0 Å². The Labute approximate surface area is 112 Å². The lowest BCUT2D eigenvalue weighted by Crippen LogP contribution is -2.34. The predicted octanol–water partition coefficient (Wildman–Crippen LogP) is 0.570. The minimum absolute atomic E-state index is 0.0665. The highest BCUT2D eigenvalue weighted by Crippen LogP contribution is 2.21. The zero-order valence-corrected chi connectivity index (χ0v) is 11.2. The van der Waals surface area contributed by atoms with Crippen molar-refractivity contribution in [2.45, 2.75) is 19.4 Å². The van der Waals surface area contributed by atoms with Crippen LogP contribution in [-0.4, -0.2) is 58.9 Å². The molecule has 0 aromatic carbocycles. The van der Waals surface area contributed by atoms with E-state index < -0.39 is 0 Å². The number of likely N-dealkylation sites (tertiary alicyclic amines) is 1. The Hall–Kier alpha value is -1.69. The van der Waals surface area contributed by atoms with E-state index in [9.17, 15) is 4.79 Å². The van der Waals surface area contributed by atoms with Crippen molar-refractivity contribution in [3.8, 4) is 0 Å². The van der Waals surface area contributed by atoms with E-state index in [0.29, 0.717) is 18.1 Å². The molecule has 0 aliphatic carbocycles. The van der Waals surface area contributed by atoms with Crippen molar-refractivity contribution < 1.29 is 4.79 Å². The summed E-state index contributed by atoms with van der Waals surface area (Å²) in [6.07, 6.45) is 4.20. The molecule has 19 heavy (non-hydrogen) atoms. The monoisotopic (exact) mass is 261 g/mol. The number of nitrogens with one attached hydrogen (secondary N) is 1. The fourth-order valence-corrected chi connectivity index (χ4v) is 2.71. The molecule has 0 radical (unpaired) electrons. The highest BCUT2D eigenvalue weighted by atomic mass is 16.2. The van der Waals surface area contributed by atoms with E-state index in [4.69, 9.17) is 0 Å². The largest absolute Gasteiger partial charge is 0.357 e. The number of aromatic nitrogens is 2. The van der Waals surface area contributed by atoms with Crippen LogP contribution in [0.1, 0.15) is 28.9 Å². The normalized spacial score (nSPS) is 19.0. The molecule has 2 aliphatic rings. The molecule has 0 spiro atoms. The van der Waals surface area contributed by atoms with Crippen LogP contribution in [0, 0.1) is 0 Å². The van der Waals surface area contributed by atoms with Gasteiger partial charge in [-0.2, -0.15) is 0 Å². The van der Waals surface area contributed by atoms with Gasteiger partial charge in [-0.15, -0.1) is 0 Å². The van der Waals surface area contributed by atoms with Crippen molar-refractivity contribution in [3.63, 3.8) is 0 Å². The molecule has 1 amide bonds. The van der Waals surface area contributed by atoms with Gasteiger partial charge < -0.3 is 15.1 Å². The van der Waals surface area contributed by atoms with Gasteiger partial charge in [-0.1, -0.05) is 0 Å². The third kappa shape index (κ3) is 2.40. The molecule has 102 valence electrons. The number of fused-ring (bicyclic) bond motifs is 1. The summed E-state index contributed by atoms with van der Waals surface area (Å²) in [5.74, 6) is 0.643. The van der Waals surface area contributed by atoms with Crippen molar-refractivity contribution in [1.29, 1.82) is 0 Å². The molecule has 0 bridgehead atoms. The maximum absolute atomic E-state index is 12.2. The topological polar surface area (TPSA) is 61.4 Å². The first kappa shape index (κ1) is 12.3. The van der Waals surface area contributed by atoms with E-state index in [1.54, 1.807) is 13.2 Å². The SMILES string of the molecule is CNc1ncc2c(n1)CN(CCN1CCCC1)C2=O. The Morgan fingerprint density at radius 2 is 2.11 bits per heavy atom. The third-order valence-corrected chi connectivity index (χ3v) is 3.83. The first-order chi connectivity index (χ1) is 9.28. The molecule has 0 atom stereocenters. The van der Waals surface area contributed by atoms with E-state index in [1.165, 1.54) is 25.9 Å². The predicted molar refractivity (Wildman–Crippen MR) is 72.0 cm³/mol. The lowest BCUT2D eigenvalue weighted by atomic mass is 10.3. The number of hydrogen-bond acceptors (Lipinski definition) is 5. The summed E-state index contributed by atoms with van der Waals surface area (Å²) >= 11 is 0. The molecule has 6 heteroatoms. The average molecular weight is 261 g/mol. The lowest BCUT2D eigenvalue weighted by Gasteiger charge is -2.20. The van der Waals surface area contributed by atoms with Gasteiger partial charge in [-0.05, 0) is 25.9 Å². The van der Waals surface area contributed by atoms with Gasteiger partial charge in [0.05, 0.1) is 17.8 Å². The molecule has 1 aromatic heterocycles. The van der Waals surface area contributed by atoms with Crippen LogP contribution < -0.4 is 5.32 Å². The Morgan fingerprint density at radius 3 is 2.84 bits per heavy atom. The summed E-state index contributed by atoms with van der Waals surface area (Å²) in [5, 5.41) is 2.90. The van der Waals surface area contributed by atoms with E-state index >= 15 is 0 Å². The number of amides is 1. The maximum Gasteiger partial charge on any atom is 0.257 e. The molecule has 6 nitrogen and oxygen atoms in total. The second kappa shape index (κ2) is 5.13. The van der Waals surface area contributed by atoms with Gasteiger partial charge in [-0.25, -0.2) is 9.97 Å². The van der Waals surface area contributed by atoms with Gasteiger partial charge in [0.1, 0.15) is 0 Å². The molecule has 1 aromatic rings. The van der Waals surface area contributed by atoms with E-state index in [1.807, 2.05) is 4.90 Å². The second-order valence-corrected chi connectivity index (χ2v) is 5.08. The van der Waals surface area contributed by atoms with Gasteiger partial charge in [-0.3, -0.25) is 4.79 Å². The molecule has 3 rings (SSSR count). The summed E-state index contributed by atoms with van der Waals surface area (Å²) in [6, 6.07) is 0. The second-order valence-electron chi connectivity index (χ2n) is 5.08. The fourth-order valence-electron chi connectivity index (χ4n) is 2.71. The number of rotatable bonds is 4. The molecule has 3 heterocycles. The highest BCUT2D eigenvalue weighted by Gasteiger charge is 2.29. The Balaban J connectivity index is 1.65. The summed E-state index contributed by atoms with van der Waals surface area (Å²) in [5.41, 5.74) is 1.49. The zero-order valence-electron chi connectivity index (χ0n) is 11.2. The summed E-state index contributed by atoms with van der Waals surface area (Å²) in [7, 11) is 1.78. The van der Waals surface area contributed by atoms with Gasteiger partial charge >= 0.3 is 0 Å². The van der Waals surface area contributed by atoms with Crippen molar-refractivity contribution in [3.05, 3.63) is 17.5 Å². The van der Waals surface area contributed by atoms with Crippen molar-refractivity contribution in [2.24, 2.45) is 0 Å². The van der Waals surface area contributed by atoms with Crippen LogP contribution in [0.25, 0.3) is 0 Å². The number of carbonyl (C=O) groups excluding carboxylic acids is 1. The van der Waals surface area contributed by atoms with Crippen LogP contribution in [0.3, 0.4) is 0 Å². The van der Waals surface area contributed by atoms with Gasteiger partial charge in [0.25, 0.3) is 5.91 Å². The molecular formula is C13H19N5O. The zero-order chi connectivity index (χ0) is 13.2. The Bertz CT molecular complexity index is 484. The summed E-state index contributed by atoms with van der Waals surface area (Å²) < 4.78 is 0. The van der Waals surface area contributed by atoms with E-state index in [0.717, 1.165) is 18.8 Å². The van der Waals surface area contributed by atoms with Crippen molar-refractivity contribution in [1.82, 2.24) is 19.8 Å². The Morgan fingerprint density at radius 1 is 1.32 bits per heavy atom. The number of carbonyl (C=O) groups is 1. The van der Waals surface area contributed by atoms with Crippen LogP contribution >= 0.6 is 0 Å². The van der Waals surface area contributed by atoms with Gasteiger partial charge in [0, 0.05) is 26.3 Å². The van der Waals surface area contributed by atoms with Crippen molar-refractivity contribution in [2.75, 3.05) is 38.5 Å². The first-order valence-corrected chi connectivity index (χ1v) is 6.83.